The Kier molecular flexibility index (Phi) is 6.43. The van der Waals surface area contributed by atoms with Crippen LogP contribution in [0.15, 0.2) is 0 Å². The van der Waals surface area contributed by atoms with Gasteiger partial charge < -0.3 is 15.9 Å². The Morgan fingerprint density at radius 2 is 2.00 bits per heavy atom. The third-order valence-corrected chi connectivity index (χ3v) is 5.77. The minimum Gasteiger partial charge on any atom is -0.417 e. The van der Waals surface area contributed by atoms with E-state index in [0.717, 1.165) is 25.9 Å². The van der Waals surface area contributed by atoms with Crippen LogP contribution in [0.1, 0.15) is 32.1 Å². The van der Waals surface area contributed by atoms with Crippen molar-refractivity contribution in [3.8, 4) is 0 Å². The van der Waals surface area contributed by atoms with Crippen molar-refractivity contribution in [2.24, 2.45) is 11.5 Å². The summed E-state index contributed by atoms with van der Waals surface area (Å²) in [7, 11) is -0.865. The molecule has 0 spiro atoms. The Morgan fingerprint density at radius 3 is 2.71 bits per heavy atom. The lowest BCUT2D eigenvalue weighted by molar-refractivity contribution is 0.158. The van der Waals surface area contributed by atoms with Crippen LogP contribution in [-0.4, -0.2) is 28.2 Å². The van der Waals surface area contributed by atoms with Crippen LogP contribution in [0.3, 0.4) is 0 Å². The van der Waals surface area contributed by atoms with Crippen molar-refractivity contribution in [1.82, 2.24) is 0 Å². The zero-order valence-electron chi connectivity index (χ0n) is 9.08. The number of nitrogens with two attached hydrogens (primary N) is 2. The lowest BCUT2D eigenvalue weighted by Gasteiger charge is -2.29. The molecule has 0 radical (unpaired) electrons. The van der Waals surface area contributed by atoms with Gasteiger partial charge in [-0.05, 0) is 50.9 Å². The molecule has 84 valence electrons. The third-order valence-electron chi connectivity index (χ3n) is 2.90. The summed E-state index contributed by atoms with van der Waals surface area (Å²) in [5.74, 6) is 0. The molecule has 1 rings (SSSR count). The van der Waals surface area contributed by atoms with Crippen molar-refractivity contribution in [3.05, 3.63) is 0 Å². The molecule has 1 saturated heterocycles. The van der Waals surface area contributed by atoms with E-state index in [-0.39, 0.29) is 0 Å². The molecule has 1 fully saturated rings. The van der Waals surface area contributed by atoms with Crippen molar-refractivity contribution < 1.29 is 4.43 Å². The Morgan fingerprint density at radius 1 is 1.21 bits per heavy atom. The van der Waals surface area contributed by atoms with Crippen LogP contribution in [0.5, 0.6) is 0 Å². The zero-order chi connectivity index (χ0) is 10.2. The van der Waals surface area contributed by atoms with Crippen molar-refractivity contribution >= 4 is 9.04 Å². The first-order valence-corrected chi connectivity index (χ1v) is 8.03. The van der Waals surface area contributed by atoms with Gasteiger partial charge in [0.15, 0.2) is 9.04 Å². The monoisotopic (exact) mass is 216 g/mol. The second-order valence-electron chi connectivity index (χ2n) is 4.17. The summed E-state index contributed by atoms with van der Waals surface area (Å²) in [5, 5.41) is 0. The molecule has 0 amide bonds. The van der Waals surface area contributed by atoms with Gasteiger partial charge in [-0.1, -0.05) is 6.42 Å². The van der Waals surface area contributed by atoms with Gasteiger partial charge in [-0.15, -0.1) is 0 Å². The normalized spacial score (nSPS) is 27.9. The van der Waals surface area contributed by atoms with Gasteiger partial charge in [-0.25, -0.2) is 0 Å². The summed E-state index contributed by atoms with van der Waals surface area (Å²) < 4.78 is 6.12. The molecule has 1 aliphatic heterocycles. The first kappa shape index (κ1) is 12.2. The fourth-order valence-corrected chi connectivity index (χ4v) is 4.86. The van der Waals surface area contributed by atoms with E-state index in [2.05, 4.69) is 0 Å². The van der Waals surface area contributed by atoms with Gasteiger partial charge in [0.25, 0.3) is 0 Å². The van der Waals surface area contributed by atoms with Crippen LogP contribution in [0.4, 0.5) is 0 Å². The van der Waals surface area contributed by atoms with Crippen LogP contribution in [0.2, 0.25) is 12.1 Å². The molecule has 0 aromatic rings. The molecule has 1 aliphatic rings. The van der Waals surface area contributed by atoms with Crippen LogP contribution in [0.25, 0.3) is 0 Å². The van der Waals surface area contributed by atoms with Crippen molar-refractivity contribution in [1.29, 1.82) is 0 Å². The average Bonchev–Trinajstić information content (AvgIpc) is 2.24. The standard InChI is InChI=1S/C10H24N2OSi/c11-6-1-4-10-5-2-8-14(13-10)9-3-7-12/h10,14H,1-9,11-12H2. The highest BCUT2D eigenvalue weighted by atomic mass is 28.3. The van der Waals surface area contributed by atoms with Crippen LogP contribution >= 0.6 is 0 Å². The molecule has 2 unspecified atom stereocenters. The van der Waals surface area contributed by atoms with E-state index >= 15 is 0 Å². The van der Waals surface area contributed by atoms with E-state index in [1.165, 1.54) is 31.4 Å². The Hall–Kier alpha value is 0.0969. The fourth-order valence-electron chi connectivity index (χ4n) is 2.10. The molecule has 0 saturated carbocycles. The number of hydrogen-bond acceptors (Lipinski definition) is 3. The molecule has 0 aliphatic carbocycles. The van der Waals surface area contributed by atoms with Gasteiger partial charge in [-0.3, -0.25) is 0 Å². The summed E-state index contributed by atoms with van der Waals surface area (Å²) in [4.78, 5) is 0. The lowest BCUT2D eigenvalue weighted by atomic mass is 10.1. The van der Waals surface area contributed by atoms with Gasteiger partial charge in [-0.2, -0.15) is 0 Å². The zero-order valence-corrected chi connectivity index (χ0v) is 10.2. The van der Waals surface area contributed by atoms with E-state index in [9.17, 15) is 0 Å². The summed E-state index contributed by atoms with van der Waals surface area (Å²) in [6, 6.07) is 2.63. The second-order valence-corrected chi connectivity index (χ2v) is 6.84. The van der Waals surface area contributed by atoms with E-state index < -0.39 is 9.04 Å². The molecular weight excluding hydrogens is 192 g/mol. The van der Waals surface area contributed by atoms with Crippen molar-refractivity contribution in [3.63, 3.8) is 0 Å². The van der Waals surface area contributed by atoms with Crippen LogP contribution in [0, 0.1) is 0 Å². The lowest BCUT2D eigenvalue weighted by Crippen LogP contribution is -2.31. The first-order chi connectivity index (χ1) is 6.86. The minimum absolute atomic E-state index is 0.529. The van der Waals surface area contributed by atoms with E-state index in [4.69, 9.17) is 15.9 Å². The van der Waals surface area contributed by atoms with Crippen molar-refractivity contribution in [2.45, 2.75) is 50.3 Å². The largest absolute Gasteiger partial charge is 0.417 e. The Labute approximate surface area is 88.9 Å². The Bertz CT molecular complexity index is 132. The molecule has 3 nitrogen and oxygen atoms in total. The van der Waals surface area contributed by atoms with Gasteiger partial charge in [0, 0.05) is 6.10 Å². The summed E-state index contributed by atoms with van der Waals surface area (Å²) in [5.41, 5.74) is 11.0. The highest BCUT2D eigenvalue weighted by molar-refractivity contribution is 6.52. The maximum Gasteiger partial charge on any atom is 0.177 e. The molecule has 14 heavy (non-hydrogen) atoms. The number of rotatable bonds is 6. The van der Waals surface area contributed by atoms with Gasteiger partial charge in [0.2, 0.25) is 0 Å². The third kappa shape index (κ3) is 4.55. The minimum atomic E-state index is -0.865. The van der Waals surface area contributed by atoms with Crippen LogP contribution < -0.4 is 11.5 Å². The summed E-state index contributed by atoms with van der Waals surface area (Å²) >= 11 is 0. The van der Waals surface area contributed by atoms with E-state index in [1.54, 1.807) is 0 Å². The molecule has 0 aromatic heterocycles. The SMILES string of the molecule is NCCCC1CCC[SiH](CCCN)O1. The molecule has 2 atom stereocenters. The predicted octanol–water partition coefficient (Wildman–Crippen LogP) is 0.977. The van der Waals surface area contributed by atoms with Gasteiger partial charge >= 0.3 is 0 Å². The second kappa shape index (κ2) is 7.40. The highest BCUT2D eigenvalue weighted by Gasteiger charge is 2.22. The molecule has 4 N–H and O–H groups in total. The molecule has 0 bridgehead atoms. The summed E-state index contributed by atoms with van der Waals surface area (Å²) in [6.45, 7) is 1.62. The topological polar surface area (TPSA) is 61.3 Å². The van der Waals surface area contributed by atoms with E-state index in [1.807, 2.05) is 0 Å². The molecular formula is C10H24N2OSi. The molecule has 1 heterocycles. The maximum atomic E-state index is 6.12. The average molecular weight is 216 g/mol. The smallest absolute Gasteiger partial charge is 0.177 e. The number of hydrogen-bond donors (Lipinski definition) is 2. The fraction of sp³-hybridized carbons (Fsp3) is 1.00. The quantitative estimate of drug-likeness (QED) is 0.651. The van der Waals surface area contributed by atoms with Crippen molar-refractivity contribution in [2.75, 3.05) is 13.1 Å². The molecule has 0 aromatic carbocycles. The molecule has 4 heteroatoms. The first-order valence-electron chi connectivity index (χ1n) is 5.92. The van der Waals surface area contributed by atoms with Gasteiger partial charge in [0.05, 0.1) is 0 Å². The van der Waals surface area contributed by atoms with Gasteiger partial charge in [0.1, 0.15) is 0 Å². The Balaban J connectivity index is 2.14. The highest BCUT2D eigenvalue weighted by Crippen LogP contribution is 2.23. The predicted molar refractivity (Wildman–Crippen MR) is 62.8 cm³/mol. The maximum absolute atomic E-state index is 6.12. The van der Waals surface area contributed by atoms with Crippen LogP contribution in [-0.2, 0) is 4.43 Å². The van der Waals surface area contributed by atoms with E-state index in [0.29, 0.717) is 6.10 Å². The summed E-state index contributed by atoms with van der Waals surface area (Å²) in [6.07, 6.45) is 6.59.